The number of aryl methyl sites for hydroxylation is 2. The zero-order valence-electron chi connectivity index (χ0n) is 16.7. The standard InChI is InChI=1S/C24H24N4O/c1-3-4-8-18-11-13-20(14-12-18)28-26-22-15-17(2)21(16-23(22)27-28)25-24(29)19-9-6-5-7-10-19/h5-7,9-16H,3-4,8H2,1-2H3,(H,25,29). The highest BCUT2D eigenvalue weighted by Gasteiger charge is 2.11. The van der Waals surface area contributed by atoms with Crippen LogP contribution in [0.4, 0.5) is 5.69 Å². The Morgan fingerprint density at radius 3 is 2.34 bits per heavy atom. The lowest BCUT2D eigenvalue weighted by Crippen LogP contribution is -2.12. The predicted molar refractivity (Wildman–Crippen MR) is 117 cm³/mol. The van der Waals surface area contributed by atoms with Gasteiger partial charge in [0.1, 0.15) is 11.0 Å². The van der Waals surface area contributed by atoms with Gasteiger partial charge < -0.3 is 5.32 Å². The molecule has 0 atom stereocenters. The monoisotopic (exact) mass is 384 g/mol. The van der Waals surface area contributed by atoms with Crippen molar-refractivity contribution in [2.45, 2.75) is 33.1 Å². The summed E-state index contributed by atoms with van der Waals surface area (Å²) in [4.78, 5) is 14.1. The maximum absolute atomic E-state index is 12.5. The molecule has 0 aliphatic rings. The van der Waals surface area contributed by atoms with Crippen LogP contribution < -0.4 is 5.32 Å². The molecule has 3 aromatic carbocycles. The number of nitrogens with zero attached hydrogens (tertiary/aromatic N) is 3. The first kappa shape index (κ1) is 18.9. The van der Waals surface area contributed by atoms with E-state index in [4.69, 9.17) is 0 Å². The molecule has 29 heavy (non-hydrogen) atoms. The molecule has 0 radical (unpaired) electrons. The van der Waals surface area contributed by atoms with E-state index in [0.29, 0.717) is 5.56 Å². The average molecular weight is 384 g/mol. The highest BCUT2D eigenvalue weighted by molar-refractivity contribution is 6.05. The number of carbonyl (C=O) groups is 1. The molecule has 5 nitrogen and oxygen atoms in total. The molecule has 146 valence electrons. The number of carbonyl (C=O) groups excluding carboxylic acids is 1. The maximum Gasteiger partial charge on any atom is 0.255 e. The third kappa shape index (κ3) is 4.19. The first-order valence-corrected chi connectivity index (χ1v) is 9.97. The largest absolute Gasteiger partial charge is 0.322 e. The fraction of sp³-hybridized carbons (Fsp3) is 0.208. The average Bonchev–Trinajstić information content (AvgIpc) is 3.16. The van der Waals surface area contributed by atoms with E-state index < -0.39 is 0 Å². The van der Waals surface area contributed by atoms with E-state index in [1.165, 1.54) is 18.4 Å². The van der Waals surface area contributed by atoms with Crippen LogP contribution in [0.2, 0.25) is 0 Å². The molecule has 1 heterocycles. The van der Waals surface area contributed by atoms with Crippen LogP contribution in [0.5, 0.6) is 0 Å². The summed E-state index contributed by atoms with van der Waals surface area (Å²) in [5.74, 6) is -0.136. The second-order valence-electron chi connectivity index (χ2n) is 7.24. The molecule has 1 N–H and O–H groups in total. The molecule has 4 rings (SSSR count). The number of unbranched alkanes of at least 4 members (excludes halogenated alkanes) is 1. The predicted octanol–water partition coefficient (Wildman–Crippen LogP) is 5.32. The lowest BCUT2D eigenvalue weighted by atomic mass is 10.1. The summed E-state index contributed by atoms with van der Waals surface area (Å²) in [7, 11) is 0. The molecule has 0 spiro atoms. The number of rotatable bonds is 6. The molecule has 0 aliphatic carbocycles. The zero-order chi connectivity index (χ0) is 20.2. The molecule has 1 amide bonds. The van der Waals surface area contributed by atoms with Crippen molar-refractivity contribution in [2.24, 2.45) is 0 Å². The third-order valence-corrected chi connectivity index (χ3v) is 5.00. The molecule has 0 saturated heterocycles. The van der Waals surface area contributed by atoms with Gasteiger partial charge in [-0.3, -0.25) is 4.79 Å². The Morgan fingerprint density at radius 2 is 1.66 bits per heavy atom. The van der Waals surface area contributed by atoms with E-state index in [1.54, 1.807) is 16.9 Å². The van der Waals surface area contributed by atoms with Crippen molar-refractivity contribution in [3.05, 3.63) is 83.4 Å². The van der Waals surface area contributed by atoms with Crippen molar-refractivity contribution in [3.8, 4) is 5.69 Å². The van der Waals surface area contributed by atoms with Crippen LogP contribution in [-0.4, -0.2) is 20.9 Å². The van der Waals surface area contributed by atoms with Crippen LogP contribution in [-0.2, 0) is 6.42 Å². The van der Waals surface area contributed by atoms with Gasteiger partial charge in [0, 0.05) is 11.3 Å². The molecule has 0 fully saturated rings. The molecular weight excluding hydrogens is 360 g/mol. The van der Waals surface area contributed by atoms with Crippen LogP contribution in [0.3, 0.4) is 0 Å². The van der Waals surface area contributed by atoms with Gasteiger partial charge in [-0.05, 0) is 67.3 Å². The molecule has 0 unspecified atom stereocenters. The van der Waals surface area contributed by atoms with Gasteiger partial charge in [0.25, 0.3) is 5.91 Å². The van der Waals surface area contributed by atoms with Crippen molar-refractivity contribution in [3.63, 3.8) is 0 Å². The Hall–Kier alpha value is -3.47. The molecule has 0 aliphatic heterocycles. The maximum atomic E-state index is 12.5. The SMILES string of the molecule is CCCCc1ccc(-n2nc3cc(C)c(NC(=O)c4ccccc4)cc3n2)cc1. The van der Waals surface area contributed by atoms with Crippen molar-refractivity contribution < 1.29 is 4.79 Å². The van der Waals surface area contributed by atoms with E-state index in [-0.39, 0.29) is 5.91 Å². The number of hydrogen-bond acceptors (Lipinski definition) is 3. The number of fused-ring (bicyclic) bond motifs is 1. The van der Waals surface area contributed by atoms with Crippen LogP contribution in [0, 0.1) is 6.92 Å². The van der Waals surface area contributed by atoms with Crippen LogP contribution in [0.1, 0.15) is 41.3 Å². The number of benzene rings is 3. The molecule has 0 bridgehead atoms. The van der Waals surface area contributed by atoms with E-state index in [0.717, 1.165) is 34.4 Å². The Balaban J connectivity index is 1.59. The molecule has 0 saturated carbocycles. The highest BCUT2D eigenvalue weighted by Crippen LogP contribution is 2.23. The number of aromatic nitrogens is 3. The van der Waals surface area contributed by atoms with Gasteiger partial charge in [-0.25, -0.2) is 0 Å². The summed E-state index contributed by atoms with van der Waals surface area (Å²) in [5.41, 5.74) is 6.11. The fourth-order valence-electron chi connectivity index (χ4n) is 3.28. The smallest absolute Gasteiger partial charge is 0.255 e. The van der Waals surface area contributed by atoms with Crippen molar-refractivity contribution in [2.75, 3.05) is 5.32 Å². The van der Waals surface area contributed by atoms with Gasteiger partial charge in [-0.2, -0.15) is 4.80 Å². The van der Waals surface area contributed by atoms with Gasteiger partial charge in [0.15, 0.2) is 0 Å². The lowest BCUT2D eigenvalue weighted by molar-refractivity contribution is 0.102. The van der Waals surface area contributed by atoms with Gasteiger partial charge in [0.05, 0.1) is 5.69 Å². The number of nitrogens with one attached hydrogen (secondary N) is 1. The van der Waals surface area contributed by atoms with E-state index in [1.807, 2.05) is 37.3 Å². The summed E-state index contributed by atoms with van der Waals surface area (Å²) in [6.07, 6.45) is 3.48. The number of anilines is 1. The minimum absolute atomic E-state index is 0.136. The van der Waals surface area contributed by atoms with E-state index in [9.17, 15) is 4.79 Å². The summed E-state index contributed by atoms with van der Waals surface area (Å²) in [6.45, 7) is 4.16. The molecule has 4 aromatic rings. The summed E-state index contributed by atoms with van der Waals surface area (Å²) in [6, 6.07) is 21.4. The van der Waals surface area contributed by atoms with Gasteiger partial charge in [-0.1, -0.05) is 43.7 Å². The molecule has 1 aromatic heterocycles. The van der Waals surface area contributed by atoms with E-state index >= 15 is 0 Å². The van der Waals surface area contributed by atoms with Crippen LogP contribution >= 0.6 is 0 Å². The minimum Gasteiger partial charge on any atom is -0.322 e. The van der Waals surface area contributed by atoms with E-state index in [2.05, 4.69) is 46.7 Å². The Kier molecular flexibility index (Phi) is 5.38. The topological polar surface area (TPSA) is 59.8 Å². The summed E-state index contributed by atoms with van der Waals surface area (Å²) >= 11 is 0. The number of amides is 1. The van der Waals surface area contributed by atoms with Gasteiger partial charge >= 0.3 is 0 Å². The zero-order valence-corrected chi connectivity index (χ0v) is 16.7. The van der Waals surface area contributed by atoms with Crippen LogP contribution in [0.15, 0.2) is 66.7 Å². The normalized spacial score (nSPS) is 11.0. The van der Waals surface area contributed by atoms with Gasteiger partial charge in [0.2, 0.25) is 0 Å². The lowest BCUT2D eigenvalue weighted by Gasteiger charge is -2.08. The number of hydrogen-bond donors (Lipinski definition) is 1. The molecule has 5 heteroatoms. The Morgan fingerprint density at radius 1 is 0.966 bits per heavy atom. The first-order chi connectivity index (χ1) is 14.1. The Bertz CT molecular complexity index is 1130. The van der Waals surface area contributed by atoms with Crippen molar-refractivity contribution >= 4 is 22.6 Å². The second kappa shape index (κ2) is 8.27. The second-order valence-corrected chi connectivity index (χ2v) is 7.24. The van der Waals surface area contributed by atoms with Crippen molar-refractivity contribution in [1.82, 2.24) is 15.0 Å². The minimum atomic E-state index is -0.136. The molecular formula is C24H24N4O. The highest BCUT2D eigenvalue weighted by atomic mass is 16.1. The van der Waals surface area contributed by atoms with Crippen LogP contribution in [0.25, 0.3) is 16.7 Å². The van der Waals surface area contributed by atoms with Gasteiger partial charge in [-0.15, -0.1) is 10.2 Å². The first-order valence-electron chi connectivity index (χ1n) is 9.97. The summed E-state index contributed by atoms with van der Waals surface area (Å²) < 4.78 is 0. The Labute approximate surface area is 170 Å². The summed E-state index contributed by atoms with van der Waals surface area (Å²) in [5, 5.41) is 12.2. The fourth-order valence-corrected chi connectivity index (χ4v) is 3.28. The third-order valence-electron chi connectivity index (χ3n) is 5.00. The van der Waals surface area contributed by atoms with Crippen molar-refractivity contribution in [1.29, 1.82) is 0 Å². The quantitative estimate of drug-likeness (QED) is 0.489.